The Balaban J connectivity index is 0.000000254. The van der Waals surface area contributed by atoms with Crippen molar-refractivity contribution >= 4 is 0 Å². The van der Waals surface area contributed by atoms with E-state index in [-0.39, 0.29) is 0 Å². The molecule has 0 saturated heterocycles. The van der Waals surface area contributed by atoms with Crippen molar-refractivity contribution in [3.8, 4) is 0 Å². The molecule has 0 unspecified atom stereocenters. The third-order valence-electron chi connectivity index (χ3n) is 4.33. The van der Waals surface area contributed by atoms with E-state index in [4.69, 9.17) is 5.73 Å². The zero-order valence-electron chi connectivity index (χ0n) is 14.8. The fraction of sp³-hybridized carbons (Fsp3) is 0.556. The molecular formula is C18H25F3N4Pt. The Morgan fingerprint density at radius 1 is 1.15 bits per heavy atom. The van der Waals surface area contributed by atoms with Crippen molar-refractivity contribution in [3.63, 3.8) is 0 Å². The standard InChI is InChI=1S/C11H10F3N3.C7H15N.Pt/c1-17-7-15-10(16-17)6-8-2-4-9(5-3-8)11(12,13)14;8-7-5-3-1-2-4-6-7;/h2-5H,6H2,1H3,(H,15,16);7H,1-6,8H2;. The van der Waals surface area contributed by atoms with Gasteiger partial charge in [0.1, 0.15) is 0 Å². The second kappa shape index (κ2) is 9.65. The summed E-state index contributed by atoms with van der Waals surface area (Å²) in [6, 6.07) is 5.64. The molecule has 2 aromatic rings. The Bertz CT molecular complexity index is 726. The van der Waals surface area contributed by atoms with Crippen LogP contribution in [0, 0.1) is 3.80 Å². The van der Waals surface area contributed by atoms with Gasteiger partial charge in [-0.3, -0.25) is 0 Å². The third-order valence-corrected chi connectivity index (χ3v) is 5.34. The summed E-state index contributed by atoms with van der Waals surface area (Å²) >= 11 is 2.06. The van der Waals surface area contributed by atoms with Gasteiger partial charge in [-0.05, 0) is 12.8 Å². The number of aromatic nitrogens is 3. The largest absolute Gasteiger partial charge is 0.328 e. The van der Waals surface area contributed by atoms with E-state index in [1.165, 1.54) is 50.7 Å². The number of rotatable bonds is 2. The summed E-state index contributed by atoms with van der Waals surface area (Å²) < 4.78 is 39.7. The second-order valence-electron chi connectivity index (χ2n) is 6.59. The van der Waals surface area contributed by atoms with Crippen LogP contribution < -0.4 is 5.73 Å². The topological polar surface area (TPSA) is 59.6 Å². The molecule has 0 bridgehead atoms. The fourth-order valence-electron chi connectivity index (χ4n) is 2.83. The molecule has 1 fully saturated rings. The number of nitrogens with zero attached hydrogens (tertiary/aromatic N) is 2. The van der Waals surface area contributed by atoms with Crippen LogP contribution in [-0.2, 0) is 39.0 Å². The van der Waals surface area contributed by atoms with Crippen LogP contribution in [0.3, 0.4) is 0 Å². The molecule has 1 aliphatic carbocycles. The zero-order valence-corrected chi connectivity index (χ0v) is 17.0. The van der Waals surface area contributed by atoms with Gasteiger partial charge >= 0.3 is 112 Å². The van der Waals surface area contributed by atoms with Crippen LogP contribution in [0.2, 0.25) is 0 Å². The Morgan fingerprint density at radius 3 is 2.19 bits per heavy atom. The number of nitrogens with two attached hydrogens (primary N) is 1. The quantitative estimate of drug-likeness (QED) is 0.555. The SMILES string of the molecule is Cn1[nH]c(Cc2ccc(C(F)(F)F)cc2)n[c]1=[Pt].NC1CCCCCC1. The minimum absolute atomic E-state index is 0.481. The van der Waals surface area contributed by atoms with Crippen LogP contribution in [0.15, 0.2) is 24.3 Å². The molecule has 1 aromatic heterocycles. The van der Waals surface area contributed by atoms with Crippen LogP contribution >= 0.6 is 0 Å². The Labute approximate surface area is 162 Å². The van der Waals surface area contributed by atoms with Gasteiger partial charge < -0.3 is 5.73 Å². The van der Waals surface area contributed by atoms with Gasteiger partial charge in [-0.1, -0.05) is 25.7 Å². The van der Waals surface area contributed by atoms with E-state index in [1.54, 1.807) is 4.68 Å². The van der Waals surface area contributed by atoms with Gasteiger partial charge in [-0.15, -0.1) is 0 Å². The van der Waals surface area contributed by atoms with Crippen LogP contribution in [0.1, 0.15) is 55.5 Å². The number of hydrogen-bond acceptors (Lipinski definition) is 2. The number of halogens is 3. The molecule has 26 heavy (non-hydrogen) atoms. The molecule has 148 valence electrons. The first-order valence-corrected chi connectivity index (χ1v) is 9.88. The summed E-state index contributed by atoms with van der Waals surface area (Å²) in [6.07, 6.45) is 4.27. The first-order valence-electron chi connectivity index (χ1n) is 8.75. The van der Waals surface area contributed by atoms with E-state index < -0.39 is 11.7 Å². The number of aryl methyl sites for hydroxylation is 1. The van der Waals surface area contributed by atoms with Crippen molar-refractivity contribution in [2.24, 2.45) is 12.8 Å². The molecular weight excluding hydrogens is 524 g/mol. The third kappa shape index (κ3) is 6.84. The van der Waals surface area contributed by atoms with E-state index >= 15 is 0 Å². The predicted octanol–water partition coefficient (Wildman–Crippen LogP) is 4.10. The maximum absolute atomic E-state index is 12.4. The van der Waals surface area contributed by atoms with Crippen LogP contribution in [0.4, 0.5) is 13.2 Å². The average Bonchev–Trinajstić information content (AvgIpc) is 2.75. The van der Waals surface area contributed by atoms with Gasteiger partial charge in [-0.25, -0.2) is 0 Å². The van der Waals surface area contributed by atoms with Crippen molar-refractivity contribution in [3.05, 3.63) is 45.0 Å². The molecule has 0 atom stereocenters. The Morgan fingerprint density at radius 2 is 1.73 bits per heavy atom. The molecule has 1 heterocycles. The molecule has 1 aliphatic rings. The summed E-state index contributed by atoms with van der Waals surface area (Å²) in [5.74, 6) is 0.724. The molecule has 0 aliphatic heterocycles. The number of aromatic amines is 1. The summed E-state index contributed by atoms with van der Waals surface area (Å²) in [6.45, 7) is 0. The maximum Gasteiger partial charge on any atom is 0.00388 e. The molecule has 3 N–H and O–H groups in total. The van der Waals surface area contributed by atoms with Crippen molar-refractivity contribution in [1.29, 1.82) is 0 Å². The first-order chi connectivity index (χ1) is 12.3. The van der Waals surface area contributed by atoms with Crippen LogP contribution in [0.25, 0.3) is 0 Å². The van der Waals surface area contributed by atoms with Gasteiger partial charge in [0.25, 0.3) is 0 Å². The summed E-state index contributed by atoms with van der Waals surface area (Å²) in [5, 5.41) is 3.01. The summed E-state index contributed by atoms with van der Waals surface area (Å²) in [5.41, 5.74) is 5.89. The molecule has 1 aromatic carbocycles. The van der Waals surface area contributed by atoms with E-state index in [0.29, 0.717) is 12.5 Å². The predicted molar refractivity (Wildman–Crippen MR) is 90.7 cm³/mol. The number of H-pyrrole nitrogens is 1. The Hall–Kier alpha value is -1.20. The normalized spacial score (nSPS) is 16.0. The molecule has 0 radical (unpaired) electrons. The van der Waals surface area contributed by atoms with Crippen LogP contribution in [0.5, 0.6) is 0 Å². The number of benzene rings is 1. The number of hydrogen-bond donors (Lipinski definition) is 2. The molecule has 4 nitrogen and oxygen atoms in total. The van der Waals surface area contributed by atoms with E-state index in [2.05, 4.69) is 29.4 Å². The molecule has 0 amide bonds. The van der Waals surface area contributed by atoms with Gasteiger partial charge in [0.2, 0.25) is 0 Å². The Kier molecular flexibility index (Phi) is 7.83. The monoisotopic (exact) mass is 549 g/mol. The average molecular weight is 549 g/mol. The second-order valence-corrected chi connectivity index (χ2v) is 7.61. The molecule has 3 rings (SSSR count). The van der Waals surface area contributed by atoms with E-state index in [0.717, 1.165) is 27.3 Å². The van der Waals surface area contributed by atoms with E-state index in [9.17, 15) is 13.2 Å². The molecule has 1 saturated carbocycles. The van der Waals surface area contributed by atoms with Crippen LogP contribution in [-0.4, -0.2) is 20.8 Å². The van der Waals surface area contributed by atoms with Crippen molar-refractivity contribution in [1.82, 2.24) is 14.8 Å². The van der Waals surface area contributed by atoms with Crippen molar-refractivity contribution < 1.29 is 32.5 Å². The van der Waals surface area contributed by atoms with Crippen molar-refractivity contribution in [2.45, 2.75) is 57.2 Å². The zero-order chi connectivity index (χ0) is 19.2. The molecule has 0 spiro atoms. The fourth-order valence-corrected chi connectivity index (χ4v) is 3.27. The summed E-state index contributed by atoms with van der Waals surface area (Å²) in [7, 11) is 1.82. The maximum atomic E-state index is 12.4. The van der Waals surface area contributed by atoms with Crippen molar-refractivity contribution in [2.75, 3.05) is 0 Å². The first kappa shape index (κ1) is 21.1. The number of nitrogens with one attached hydrogen (secondary N) is 1. The number of alkyl halides is 3. The minimum Gasteiger partial charge on any atom is -0.328 e. The van der Waals surface area contributed by atoms with Gasteiger partial charge in [0.15, 0.2) is 0 Å². The minimum atomic E-state index is -4.29. The van der Waals surface area contributed by atoms with Gasteiger partial charge in [0, 0.05) is 6.04 Å². The van der Waals surface area contributed by atoms with Gasteiger partial charge in [-0.2, -0.15) is 0 Å². The molecule has 8 heteroatoms. The van der Waals surface area contributed by atoms with E-state index in [1.807, 2.05) is 7.05 Å². The smallest absolute Gasteiger partial charge is 0.00388 e. The van der Waals surface area contributed by atoms with Gasteiger partial charge in [0.05, 0.1) is 0 Å². The summed E-state index contributed by atoms with van der Waals surface area (Å²) in [4.78, 5) is 4.25.